The number of likely N-dealkylation sites (tertiary alicyclic amines) is 1. The number of fused-ring (bicyclic) bond motifs is 1. The van der Waals surface area contributed by atoms with Gasteiger partial charge in [-0.25, -0.2) is 17.7 Å². The molecule has 0 aliphatic carbocycles. The zero-order valence-electron chi connectivity index (χ0n) is 20.4. The first-order valence-electron chi connectivity index (χ1n) is 11.9. The van der Waals surface area contributed by atoms with Gasteiger partial charge in [-0.15, -0.1) is 0 Å². The number of aromatic nitrogens is 1. The van der Waals surface area contributed by atoms with Crippen LogP contribution in [0.25, 0.3) is 10.2 Å². The second-order valence-corrected chi connectivity index (χ2v) is 14.7. The van der Waals surface area contributed by atoms with Crippen molar-refractivity contribution in [3.05, 3.63) is 23.2 Å². The maximum atomic E-state index is 13.0. The lowest BCUT2D eigenvalue weighted by molar-refractivity contribution is -0.118. The minimum atomic E-state index is -3.27. The first-order chi connectivity index (χ1) is 15.8. The largest absolute Gasteiger partial charge is 0.301 e. The number of halogens is 1. The molecule has 0 saturated carbocycles. The lowest BCUT2D eigenvalue weighted by atomic mass is 9.65. The number of carbonyl (C=O) groups excluding carboxylic acids is 1. The fourth-order valence-electron chi connectivity index (χ4n) is 5.59. The van der Waals surface area contributed by atoms with Crippen LogP contribution < -0.4 is 5.32 Å². The normalized spacial score (nSPS) is 21.4. The van der Waals surface area contributed by atoms with Crippen LogP contribution in [0, 0.1) is 16.7 Å². The van der Waals surface area contributed by atoms with Gasteiger partial charge in [0.15, 0.2) is 5.13 Å². The van der Waals surface area contributed by atoms with Crippen LogP contribution in [-0.4, -0.2) is 67.0 Å². The summed E-state index contributed by atoms with van der Waals surface area (Å²) in [6.45, 7) is 11.3. The number of piperidine rings is 2. The zero-order chi connectivity index (χ0) is 24.7. The predicted molar refractivity (Wildman–Crippen MR) is 140 cm³/mol. The first-order valence-corrected chi connectivity index (χ1v) is 14.7. The molecule has 2 saturated heterocycles. The van der Waals surface area contributed by atoms with Crippen molar-refractivity contribution in [2.45, 2.75) is 47.0 Å². The molecule has 0 bridgehead atoms. The Bertz CT molecular complexity index is 1150. The lowest BCUT2D eigenvalue weighted by Gasteiger charge is -2.52. The number of hydrogen-bond acceptors (Lipinski definition) is 6. The van der Waals surface area contributed by atoms with E-state index < -0.39 is 10.0 Å². The minimum absolute atomic E-state index is 0.0227. The summed E-state index contributed by atoms with van der Waals surface area (Å²) in [4.78, 5) is 19.3. The second-order valence-electron chi connectivity index (χ2n) is 11.2. The molecular weight excluding hydrogens is 492 g/mol. The summed E-state index contributed by atoms with van der Waals surface area (Å²) in [6.07, 6.45) is 2.82. The molecule has 1 amide bonds. The van der Waals surface area contributed by atoms with Crippen LogP contribution in [0.2, 0.25) is 5.02 Å². The molecule has 1 aromatic heterocycles. The average molecular weight is 527 g/mol. The number of thiazole rings is 1. The molecule has 10 heteroatoms. The fourth-order valence-corrected chi connectivity index (χ4v) is 8.82. The highest BCUT2D eigenvalue weighted by Gasteiger charge is 2.47. The Kier molecular flexibility index (Phi) is 7.33. The molecule has 2 aromatic rings. The second kappa shape index (κ2) is 9.65. The van der Waals surface area contributed by atoms with Crippen LogP contribution >= 0.6 is 22.9 Å². The van der Waals surface area contributed by atoms with Gasteiger partial charge in [-0.2, -0.15) is 0 Å². The highest BCUT2D eigenvalue weighted by atomic mass is 35.5. The van der Waals surface area contributed by atoms with Gasteiger partial charge in [0.25, 0.3) is 0 Å². The first kappa shape index (κ1) is 25.8. The van der Waals surface area contributed by atoms with Gasteiger partial charge in [0.2, 0.25) is 15.9 Å². The van der Waals surface area contributed by atoms with Crippen LogP contribution in [0.4, 0.5) is 5.13 Å². The van der Waals surface area contributed by atoms with Crippen molar-refractivity contribution in [1.82, 2.24) is 14.2 Å². The standard InChI is InChI=1S/C24H35ClN4O3S2/c1-17(2)13-34(31,32)29-15-23(3,4)14-24(16-29)7-9-28(10-8-24)12-21(30)27-22-26-19-6-5-18(25)11-20(19)33-22/h5-6,11,17H,7-10,12-16H2,1-4H3,(H,26,27,30). The molecule has 2 aliphatic heterocycles. The fraction of sp³-hybridized carbons (Fsp3) is 0.667. The maximum Gasteiger partial charge on any atom is 0.240 e. The van der Waals surface area contributed by atoms with Gasteiger partial charge >= 0.3 is 0 Å². The third-order valence-electron chi connectivity index (χ3n) is 6.79. The minimum Gasteiger partial charge on any atom is -0.301 e. The number of carbonyl (C=O) groups is 1. The third-order valence-corrected chi connectivity index (χ3v) is 10.1. The molecule has 1 aromatic carbocycles. The van der Waals surface area contributed by atoms with Crippen LogP contribution in [0.5, 0.6) is 0 Å². The Labute approximate surface area is 211 Å². The van der Waals surface area contributed by atoms with Crippen molar-refractivity contribution < 1.29 is 13.2 Å². The SMILES string of the molecule is CC(C)CS(=O)(=O)N1CC(C)(C)CC2(CCN(CC(=O)Nc3nc4ccc(Cl)cc4s3)CC2)C1. The Balaban J connectivity index is 1.36. The number of rotatable bonds is 6. The molecule has 2 aliphatic rings. The van der Waals surface area contributed by atoms with Crippen molar-refractivity contribution in [2.24, 2.45) is 16.7 Å². The molecule has 0 unspecified atom stereocenters. The van der Waals surface area contributed by atoms with E-state index in [0.717, 1.165) is 42.6 Å². The molecule has 1 spiro atoms. The number of anilines is 1. The molecule has 34 heavy (non-hydrogen) atoms. The van der Waals surface area contributed by atoms with E-state index in [1.807, 2.05) is 26.0 Å². The molecule has 2 fully saturated rings. The summed E-state index contributed by atoms with van der Waals surface area (Å²) >= 11 is 7.46. The highest BCUT2D eigenvalue weighted by molar-refractivity contribution is 7.89. The van der Waals surface area contributed by atoms with Crippen molar-refractivity contribution in [3.63, 3.8) is 0 Å². The number of sulfonamides is 1. The van der Waals surface area contributed by atoms with Gasteiger partial charge < -0.3 is 5.32 Å². The van der Waals surface area contributed by atoms with Crippen molar-refractivity contribution in [1.29, 1.82) is 0 Å². The monoisotopic (exact) mass is 526 g/mol. The van der Waals surface area contributed by atoms with E-state index >= 15 is 0 Å². The number of nitrogens with one attached hydrogen (secondary N) is 1. The van der Waals surface area contributed by atoms with Gasteiger partial charge in [0.05, 0.1) is 22.5 Å². The van der Waals surface area contributed by atoms with Gasteiger partial charge in [0.1, 0.15) is 0 Å². The highest BCUT2D eigenvalue weighted by Crippen LogP contribution is 2.47. The van der Waals surface area contributed by atoms with Crippen molar-refractivity contribution in [3.8, 4) is 0 Å². The summed E-state index contributed by atoms with van der Waals surface area (Å²) in [7, 11) is -3.27. The summed E-state index contributed by atoms with van der Waals surface area (Å²) < 4.78 is 28.7. The van der Waals surface area contributed by atoms with E-state index in [2.05, 4.69) is 29.0 Å². The molecular formula is C24H35ClN4O3S2. The van der Waals surface area contributed by atoms with Crippen molar-refractivity contribution in [2.75, 3.05) is 43.8 Å². The van der Waals surface area contributed by atoms with E-state index in [0.29, 0.717) is 29.8 Å². The predicted octanol–water partition coefficient (Wildman–Crippen LogP) is 4.69. The molecule has 4 rings (SSSR count). The van der Waals surface area contributed by atoms with Crippen LogP contribution in [0.3, 0.4) is 0 Å². The maximum absolute atomic E-state index is 13.0. The Morgan fingerprint density at radius 1 is 1.24 bits per heavy atom. The van der Waals surface area contributed by atoms with Crippen LogP contribution in [0.15, 0.2) is 18.2 Å². The molecule has 7 nitrogen and oxygen atoms in total. The number of nitrogens with zero attached hydrogens (tertiary/aromatic N) is 3. The number of benzene rings is 1. The van der Waals surface area contributed by atoms with Gasteiger partial charge in [-0.1, -0.05) is 50.6 Å². The lowest BCUT2D eigenvalue weighted by Crippen LogP contribution is -2.56. The zero-order valence-corrected chi connectivity index (χ0v) is 22.8. The molecule has 0 radical (unpaired) electrons. The van der Waals surface area contributed by atoms with Crippen LogP contribution in [0.1, 0.15) is 47.0 Å². The molecule has 0 atom stereocenters. The Morgan fingerprint density at radius 2 is 1.94 bits per heavy atom. The van der Waals surface area contributed by atoms with E-state index in [4.69, 9.17) is 11.6 Å². The average Bonchev–Trinajstić information content (AvgIpc) is 3.09. The molecule has 1 N–H and O–H groups in total. The van der Waals surface area contributed by atoms with Gasteiger partial charge in [0, 0.05) is 18.1 Å². The van der Waals surface area contributed by atoms with E-state index in [-0.39, 0.29) is 28.4 Å². The summed E-state index contributed by atoms with van der Waals surface area (Å²) in [5, 5.41) is 4.15. The van der Waals surface area contributed by atoms with E-state index in [1.165, 1.54) is 11.3 Å². The number of hydrogen-bond donors (Lipinski definition) is 1. The van der Waals surface area contributed by atoms with Crippen LogP contribution in [-0.2, 0) is 14.8 Å². The third kappa shape index (κ3) is 6.10. The molecule has 3 heterocycles. The quantitative estimate of drug-likeness (QED) is 0.590. The van der Waals surface area contributed by atoms with Gasteiger partial charge in [-0.05, 0) is 67.3 Å². The van der Waals surface area contributed by atoms with Crippen molar-refractivity contribution >= 4 is 54.2 Å². The van der Waals surface area contributed by atoms with Gasteiger partial charge in [-0.3, -0.25) is 9.69 Å². The Morgan fingerprint density at radius 3 is 2.62 bits per heavy atom. The molecule has 188 valence electrons. The topological polar surface area (TPSA) is 82.6 Å². The van der Waals surface area contributed by atoms with E-state index in [9.17, 15) is 13.2 Å². The number of amides is 1. The summed E-state index contributed by atoms with van der Waals surface area (Å²) in [5.41, 5.74) is 0.740. The summed E-state index contributed by atoms with van der Waals surface area (Å²) in [5.74, 6) is 0.230. The summed E-state index contributed by atoms with van der Waals surface area (Å²) in [6, 6.07) is 5.50. The Hall–Kier alpha value is -1.26. The smallest absolute Gasteiger partial charge is 0.240 e. The van der Waals surface area contributed by atoms with E-state index in [1.54, 1.807) is 10.4 Å².